The van der Waals surface area contributed by atoms with Gasteiger partial charge in [-0.2, -0.15) is 0 Å². The molecule has 4 rings (SSSR count). The fourth-order valence-corrected chi connectivity index (χ4v) is 5.78. The number of aryl methyl sites for hydroxylation is 1. The van der Waals surface area contributed by atoms with E-state index in [2.05, 4.69) is 34.1 Å². The van der Waals surface area contributed by atoms with Crippen LogP contribution in [0.4, 0.5) is 10.5 Å². The SMILES string of the molecule is C[C@@H](c1ccc2c(c1NC(=O)NS(=N)(=O)c1cnc(C(C)(C)O)s1)CC2)C1CC1. The fraction of sp³-hybridized carbons (Fsp3) is 0.500. The Kier molecular flexibility index (Phi) is 4.95. The van der Waals surface area contributed by atoms with Gasteiger partial charge in [0.1, 0.15) is 14.8 Å². The van der Waals surface area contributed by atoms with Gasteiger partial charge in [-0.25, -0.2) is 23.5 Å². The second kappa shape index (κ2) is 7.07. The molecule has 0 saturated heterocycles. The molecule has 1 fully saturated rings. The molecule has 29 heavy (non-hydrogen) atoms. The first-order chi connectivity index (χ1) is 13.6. The number of nitrogens with one attached hydrogen (secondary N) is 3. The predicted molar refractivity (Wildman–Crippen MR) is 114 cm³/mol. The monoisotopic (exact) mass is 434 g/mol. The molecule has 0 radical (unpaired) electrons. The van der Waals surface area contributed by atoms with E-state index >= 15 is 0 Å². The number of benzene rings is 1. The van der Waals surface area contributed by atoms with Crippen molar-refractivity contribution in [1.29, 1.82) is 4.78 Å². The number of amides is 2. The molecule has 4 N–H and O–H groups in total. The third-order valence-electron chi connectivity index (χ3n) is 5.67. The summed E-state index contributed by atoms with van der Waals surface area (Å²) < 4.78 is 23.4. The molecule has 2 aliphatic carbocycles. The Hall–Kier alpha value is -1.97. The number of hydrogen-bond donors (Lipinski definition) is 4. The maximum absolute atomic E-state index is 12.8. The number of aromatic nitrogens is 1. The molecule has 1 unspecified atom stereocenters. The first-order valence-electron chi connectivity index (χ1n) is 9.77. The maximum Gasteiger partial charge on any atom is 0.331 e. The number of fused-ring (bicyclic) bond motifs is 1. The van der Waals surface area contributed by atoms with Crippen LogP contribution in [-0.4, -0.2) is 20.3 Å². The van der Waals surface area contributed by atoms with Gasteiger partial charge in [0.15, 0.2) is 9.92 Å². The van der Waals surface area contributed by atoms with Crippen molar-refractivity contribution >= 4 is 33.0 Å². The van der Waals surface area contributed by atoms with Gasteiger partial charge in [0.2, 0.25) is 0 Å². The van der Waals surface area contributed by atoms with Crippen molar-refractivity contribution in [2.45, 2.75) is 62.2 Å². The van der Waals surface area contributed by atoms with Gasteiger partial charge in [-0.15, -0.1) is 11.3 Å². The summed E-state index contributed by atoms with van der Waals surface area (Å²) in [6, 6.07) is 3.57. The Balaban J connectivity index is 1.54. The van der Waals surface area contributed by atoms with Gasteiger partial charge in [-0.1, -0.05) is 19.1 Å². The molecule has 0 spiro atoms. The van der Waals surface area contributed by atoms with Crippen molar-refractivity contribution in [3.8, 4) is 0 Å². The molecule has 2 atom stereocenters. The highest BCUT2D eigenvalue weighted by atomic mass is 32.2. The molecule has 1 aromatic carbocycles. The zero-order chi connectivity index (χ0) is 21.0. The average Bonchev–Trinajstić information content (AvgIpc) is 3.29. The van der Waals surface area contributed by atoms with Gasteiger partial charge in [0.05, 0.1) is 6.20 Å². The van der Waals surface area contributed by atoms with Crippen LogP contribution in [0, 0.1) is 10.7 Å². The molecule has 1 aromatic heterocycles. The Morgan fingerprint density at radius 2 is 2.10 bits per heavy atom. The lowest BCUT2D eigenvalue weighted by atomic mass is 9.82. The number of carbonyl (C=O) groups excluding carboxylic acids is 1. The van der Waals surface area contributed by atoms with Gasteiger partial charge in [-0.3, -0.25) is 0 Å². The topological polar surface area (TPSA) is 115 Å². The molecule has 7 nitrogen and oxygen atoms in total. The molecule has 0 aliphatic heterocycles. The van der Waals surface area contributed by atoms with Crippen LogP contribution in [0.1, 0.15) is 61.2 Å². The molecule has 1 saturated carbocycles. The number of thiazole rings is 1. The number of urea groups is 1. The van der Waals surface area contributed by atoms with Crippen molar-refractivity contribution < 1.29 is 14.1 Å². The number of aliphatic hydroxyl groups is 1. The van der Waals surface area contributed by atoms with Crippen LogP contribution in [-0.2, 0) is 28.4 Å². The van der Waals surface area contributed by atoms with Crippen LogP contribution in [0.3, 0.4) is 0 Å². The Bertz CT molecular complexity index is 1070. The first-order valence-corrected chi connectivity index (χ1v) is 12.1. The van der Waals surface area contributed by atoms with Crippen LogP contribution in [0.2, 0.25) is 0 Å². The lowest BCUT2D eigenvalue weighted by Crippen LogP contribution is -2.34. The Morgan fingerprint density at radius 1 is 1.38 bits per heavy atom. The lowest BCUT2D eigenvalue weighted by molar-refractivity contribution is 0.0783. The maximum atomic E-state index is 12.8. The van der Waals surface area contributed by atoms with Crippen LogP contribution in [0.25, 0.3) is 0 Å². The second-order valence-electron chi connectivity index (χ2n) is 8.45. The minimum absolute atomic E-state index is 0.109. The fourth-order valence-electron chi connectivity index (χ4n) is 3.68. The summed E-state index contributed by atoms with van der Waals surface area (Å²) in [6.07, 6.45) is 5.61. The van der Waals surface area contributed by atoms with E-state index in [9.17, 15) is 14.1 Å². The van der Waals surface area contributed by atoms with Crippen LogP contribution in [0.5, 0.6) is 0 Å². The number of carbonyl (C=O) groups is 1. The predicted octanol–water partition coefficient (Wildman–Crippen LogP) is 4.12. The van der Waals surface area contributed by atoms with Crippen molar-refractivity contribution in [3.05, 3.63) is 40.0 Å². The highest BCUT2D eigenvalue weighted by molar-refractivity contribution is 7.93. The van der Waals surface area contributed by atoms with E-state index in [1.54, 1.807) is 13.8 Å². The molecule has 1 heterocycles. The smallest absolute Gasteiger partial charge is 0.331 e. The number of nitrogens with zero attached hydrogens (tertiary/aromatic N) is 1. The molecule has 2 aromatic rings. The Labute approximate surface area is 175 Å². The van der Waals surface area contributed by atoms with Crippen molar-refractivity contribution in [3.63, 3.8) is 0 Å². The third-order valence-corrected chi connectivity index (χ3v) is 8.88. The van der Waals surface area contributed by atoms with Gasteiger partial charge in [0.25, 0.3) is 0 Å². The van der Waals surface area contributed by atoms with Gasteiger partial charge >= 0.3 is 6.03 Å². The van der Waals surface area contributed by atoms with Crippen molar-refractivity contribution in [2.75, 3.05) is 5.32 Å². The summed E-state index contributed by atoms with van der Waals surface area (Å²) in [5.74, 6) is 1.00. The van der Waals surface area contributed by atoms with E-state index in [4.69, 9.17) is 4.78 Å². The Morgan fingerprint density at radius 3 is 2.66 bits per heavy atom. The van der Waals surface area contributed by atoms with Gasteiger partial charge in [0, 0.05) is 5.69 Å². The molecular formula is C20H26N4O3S2. The summed E-state index contributed by atoms with van der Waals surface area (Å²) in [6.45, 7) is 5.32. The highest BCUT2D eigenvalue weighted by Gasteiger charge is 2.33. The molecule has 2 amide bonds. The van der Waals surface area contributed by atoms with Crippen LogP contribution < -0.4 is 10.0 Å². The van der Waals surface area contributed by atoms with E-state index in [1.165, 1.54) is 24.6 Å². The van der Waals surface area contributed by atoms with Crippen LogP contribution >= 0.6 is 11.3 Å². The summed E-state index contributed by atoms with van der Waals surface area (Å²) in [5, 5.41) is 13.3. The van der Waals surface area contributed by atoms with Crippen molar-refractivity contribution in [1.82, 2.24) is 9.71 Å². The first kappa shape index (κ1) is 20.3. The van der Waals surface area contributed by atoms with E-state index in [1.807, 2.05) is 0 Å². The van der Waals surface area contributed by atoms with E-state index in [0.29, 0.717) is 16.8 Å². The van der Waals surface area contributed by atoms with E-state index < -0.39 is 21.5 Å². The van der Waals surface area contributed by atoms with Gasteiger partial charge in [-0.05, 0) is 68.1 Å². The average molecular weight is 435 g/mol. The lowest BCUT2D eigenvalue weighted by Gasteiger charge is -2.27. The van der Waals surface area contributed by atoms with Gasteiger partial charge < -0.3 is 10.4 Å². The minimum Gasteiger partial charge on any atom is -0.383 e. The highest BCUT2D eigenvalue weighted by Crippen LogP contribution is 2.46. The van der Waals surface area contributed by atoms with Crippen LogP contribution in [0.15, 0.2) is 22.5 Å². The number of anilines is 1. The molecule has 0 bridgehead atoms. The third kappa shape index (κ3) is 4.04. The summed E-state index contributed by atoms with van der Waals surface area (Å²) >= 11 is 0.965. The zero-order valence-corrected chi connectivity index (χ0v) is 18.4. The normalized spacial score (nSPS) is 18.9. The molecule has 156 valence electrons. The number of rotatable bonds is 6. The summed E-state index contributed by atoms with van der Waals surface area (Å²) in [7, 11) is -3.58. The summed E-state index contributed by atoms with van der Waals surface area (Å²) in [4.78, 5) is 16.7. The second-order valence-corrected chi connectivity index (χ2v) is 11.5. The molecule has 2 aliphatic rings. The van der Waals surface area contributed by atoms with Crippen molar-refractivity contribution in [2.24, 2.45) is 5.92 Å². The standard InChI is InChI=1S/C20H26N4O3S2/c1-11(12-4-5-12)14-8-6-13-7-9-15(13)17(14)23-19(25)24-29(21,27)16-10-22-18(28-16)20(2,3)26/h6,8,10-12,26H,4-5,7,9H2,1-3H3,(H3,21,23,24,25,27)/t11-,29?/m1/s1. The largest absolute Gasteiger partial charge is 0.383 e. The molecule has 9 heteroatoms. The quantitative estimate of drug-likeness (QED) is 0.547. The zero-order valence-electron chi connectivity index (χ0n) is 16.7. The number of hydrogen-bond acceptors (Lipinski definition) is 6. The minimum atomic E-state index is -3.58. The molecular weight excluding hydrogens is 408 g/mol. The van der Waals surface area contributed by atoms with E-state index in [0.717, 1.165) is 41.0 Å². The summed E-state index contributed by atoms with van der Waals surface area (Å²) in [5.41, 5.74) is 3.10. The van der Waals surface area contributed by atoms with E-state index in [-0.39, 0.29) is 4.21 Å².